The summed E-state index contributed by atoms with van der Waals surface area (Å²) in [5, 5.41) is 8.97. The molecule has 0 saturated carbocycles. The molecule has 0 spiro atoms. The van der Waals surface area contributed by atoms with Crippen molar-refractivity contribution in [3.63, 3.8) is 0 Å². The van der Waals surface area contributed by atoms with E-state index in [0.29, 0.717) is 12.2 Å². The number of nitrogens with zero attached hydrogens (tertiary/aromatic N) is 1. The van der Waals surface area contributed by atoms with Crippen molar-refractivity contribution in [2.75, 3.05) is 20.8 Å². The Kier molecular flexibility index (Phi) is 6.15. The smallest absolute Gasteiger partial charge is 0.279 e. The molecule has 0 fully saturated rings. The number of nitrogens with one attached hydrogen (secondary N) is 1. The van der Waals surface area contributed by atoms with Gasteiger partial charge in [0.25, 0.3) is 10.2 Å². The van der Waals surface area contributed by atoms with Crippen LogP contribution < -0.4 is 9.46 Å². The van der Waals surface area contributed by atoms with Gasteiger partial charge in [-0.1, -0.05) is 12.1 Å². The fraction of sp³-hybridized carbons (Fsp3) is 0.571. The minimum Gasteiger partial charge on any atom is -0.497 e. The van der Waals surface area contributed by atoms with Crippen LogP contribution in [0.2, 0.25) is 0 Å². The van der Waals surface area contributed by atoms with Crippen LogP contribution in [0.5, 0.6) is 5.75 Å². The predicted octanol–water partition coefficient (Wildman–Crippen LogP) is 1.12. The highest BCUT2D eigenvalue weighted by molar-refractivity contribution is 7.87. The monoisotopic (exact) mass is 316 g/mol. The van der Waals surface area contributed by atoms with Crippen LogP contribution >= 0.6 is 0 Å². The lowest BCUT2D eigenvalue weighted by molar-refractivity contribution is 0.243. The first-order valence-corrected chi connectivity index (χ1v) is 8.13. The molecule has 0 unspecified atom stereocenters. The summed E-state index contributed by atoms with van der Waals surface area (Å²) in [7, 11) is -0.548. The minimum absolute atomic E-state index is 0.0743. The zero-order valence-corrected chi connectivity index (χ0v) is 13.8. The van der Waals surface area contributed by atoms with Gasteiger partial charge in [0, 0.05) is 25.7 Å². The van der Waals surface area contributed by atoms with Gasteiger partial charge in [-0.05, 0) is 38.0 Å². The Morgan fingerprint density at radius 3 is 2.62 bits per heavy atom. The van der Waals surface area contributed by atoms with Crippen molar-refractivity contribution in [2.45, 2.75) is 32.4 Å². The molecule has 0 aliphatic heterocycles. The summed E-state index contributed by atoms with van der Waals surface area (Å²) in [5.41, 5.74) is 0.137. The Hall–Kier alpha value is -1.15. The third kappa shape index (κ3) is 5.62. The third-order valence-corrected chi connectivity index (χ3v) is 4.85. The fourth-order valence-corrected chi connectivity index (χ4v) is 3.15. The molecule has 2 N–H and O–H groups in total. The summed E-state index contributed by atoms with van der Waals surface area (Å²) in [5.74, 6) is 0.687. The lowest BCUT2D eigenvalue weighted by Gasteiger charge is -2.28. The average molecular weight is 316 g/mol. The van der Waals surface area contributed by atoms with Crippen LogP contribution in [0, 0.1) is 0 Å². The van der Waals surface area contributed by atoms with Crippen LogP contribution in [0.4, 0.5) is 0 Å². The van der Waals surface area contributed by atoms with Crippen LogP contribution in [0.25, 0.3) is 0 Å². The molecule has 7 heteroatoms. The Bertz CT molecular complexity index is 558. The van der Waals surface area contributed by atoms with Crippen molar-refractivity contribution < 1.29 is 18.3 Å². The third-order valence-electron chi connectivity index (χ3n) is 3.09. The molecule has 0 heterocycles. The first-order chi connectivity index (χ1) is 9.70. The SMILES string of the molecule is COc1cccc(CN(C)S(=O)(=O)NC(C)(C)CCO)c1. The highest BCUT2D eigenvalue weighted by Gasteiger charge is 2.27. The van der Waals surface area contributed by atoms with E-state index in [2.05, 4.69) is 4.72 Å². The molecule has 0 aromatic heterocycles. The molecule has 1 aromatic rings. The fourth-order valence-electron chi connectivity index (χ4n) is 1.87. The van der Waals surface area contributed by atoms with E-state index in [4.69, 9.17) is 9.84 Å². The summed E-state index contributed by atoms with van der Waals surface area (Å²) in [6.07, 6.45) is 0.346. The highest BCUT2D eigenvalue weighted by atomic mass is 32.2. The molecule has 21 heavy (non-hydrogen) atoms. The summed E-state index contributed by atoms with van der Waals surface area (Å²) < 4.78 is 33.5. The number of aliphatic hydroxyl groups excluding tert-OH is 1. The van der Waals surface area contributed by atoms with Crippen molar-refractivity contribution in [3.05, 3.63) is 29.8 Å². The maximum absolute atomic E-state index is 12.3. The van der Waals surface area contributed by atoms with Crippen molar-refractivity contribution in [1.82, 2.24) is 9.03 Å². The molecule has 1 rings (SSSR count). The van der Waals surface area contributed by atoms with Gasteiger partial charge in [0.15, 0.2) is 0 Å². The largest absolute Gasteiger partial charge is 0.497 e. The second-order valence-electron chi connectivity index (χ2n) is 5.57. The molecule has 6 nitrogen and oxygen atoms in total. The van der Waals surface area contributed by atoms with E-state index in [9.17, 15) is 8.42 Å². The average Bonchev–Trinajstić information content (AvgIpc) is 2.37. The number of hydrogen-bond donors (Lipinski definition) is 2. The van der Waals surface area contributed by atoms with Crippen LogP contribution in [-0.4, -0.2) is 44.1 Å². The normalized spacial score (nSPS) is 12.7. The Balaban J connectivity index is 2.79. The van der Waals surface area contributed by atoms with Gasteiger partial charge in [0.1, 0.15) is 5.75 Å². The van der Waals surface area contributed by atoms with Crippen LogP contribution in [0.15, 0.2) is 24.3 Å². The molecule has 0 amide bonds. The Morgan fingerprint density at radius 2 is 2.05 bits per heavy atom. The first kappa shape index (κ1) is 17.9. The van der Waals surface area contributed by atoms with Crippen molar-refractivity contribution >= 4 is 10.2 Å². The molecular weight excluding hydrogens is 292 g/mol. The van der Waals surface area contributed by atoms with Crippen molar-refractivity contribution in [1.29, 1.82) is 0 Å². The summed E-state index contributed by atoms with van der Waals surface area (Å²) in [6, 6.07) is 7.26. The van der Waals surface area contributed by atoms with Gasteiger partial charge in [-0.15, -0.1) is 0 Å². The quantitative estimate of drug-likeness (QED) is 0.753. The van der Waals surface area contributed by atoms with E-state index >= 15 is 0 Å². The second kappa shape index (κ2) is 7.22. The summed E-state index contributed by atoms with van der Waals surface area (Å²) >= 11 is 0. The predicted molar refractivity (Wildman–Crippen MR) is 82.3 cm³/mol. The van der Waals surface area contributed by atoms with Crippen molar-refractivity contribution in [3.8, 4) is 5.75 Å². The van der Waals surface area contributed by atoms with Gasteiger partial charge in [0.05, 0.1) is 7.11 Å². The summed E-state index contributed by atoms with van der Waals surface area (Å²) in [4.78, 5) is 0. The Labute approximate surface area is 126 Å². The number of rotatable bonds is 8. The van der Waals surface area contributed by atoms with E-state index in [0.717, 1.165) is 5.56 Å². The van der Waals surface area contributed by atoms with E-state index in [1.54, 1.807) is 33.1 Å². The molecule has 0 aliphatic carbocycles. The molecular formula is C14H24N2O4S. The number of aliphatic hydroxyl groups is 1. The number of benzene rings is 1. The van der Waals surface area contributed by atoms with E-state index in [-0.39, 0.29) is 13.2 Å². The number of methoxy groups -OCH3 is 1. The van der Waals surface area contributed by atoms with Gasteiger partial charge in [-0.3, -0.25) is 0 Å². The molecule has 0 radical (unpaired) electrons. The summed E-state index contributed by atoms with van der Waals surface area (Å²) in [6.45, 7) is 3.64. The number of ether oxygens (including phenoxy) is 1. The zero-order valence-electron chi connectivity index (χ0n) is 13.0. The first-order valence-electron chi connectivity index (χ1n) is 6.69. The topological polar surface area (TPSA) is 78.9 Å². The highest BCUT2D eigenvalue weighted by Crippen LogP contribution is 2.16. The molecule has 0 atom stereocenters. The maximum Gasteiger partial charge on any atom is 0.279 e. The standard InChI is InChI=1S/C14H24N2O4S/c1-14(2,8-9-17)15-21(18,19)16(3)11-12-6-5-7-13(10-12)20-4/h5-7,10,15,17H,8-9,11H2,1-4H3. The molecule has 1 aromatic carbocycles. The molecule has 120 valence electrons. The van der Waals surface area contributed by atoms with Crippen molar-refractivity contribution in [2.24, 2.45) is 0 Å². The second-order valence-corrected chi connectivity index (χ2v) is 7.35. The number of hydrogen-bond acceptors (Lipinski definition) is 4. The van der Waals surface area contributed by atoms with Gasteiger partial charge >= 0.3 is 0 Å². The van der Waals surface area contributed by atoms with Crippen LogP contribution in [0.1, 0.15) is 25.8 Å². The van der Waals surface area contributed by atoms with E-state index in [1.165, 1.54) is 11.4 Å². The zero-order chi connectivity index (χ0) is 16.1. The molecule has 0 saturated heterocycles. The van der Waals surface area contributed by atoms with E-state index in [1.807, 2.05) is 12.1 Å². The molecule has 0 aliphatic rings. The lowest BCUT2D eigenvalue weighted by Crippen LogP contribution is -2.49. The van der Waals surface area contributed by atoms with Crippen LogP contribution in [0.3, 0.4) is 0 Å². The maximum atomic E-state index is 12.3. The minimum atomic E-state index is -3.63. The van der Waals surface area contributed by atoms with Gasteiger partial charge in [0.2, 0.25) is 0 Å². The molecule has 0 bridgehead atoms. The van der Waals surface area contributed by atoms with Gasteiger partial charge in [-0.2, -0.15) is 17.4 Å². The Morgan fingerprint density at radius 1 is 1.38 bits per heavy atom. The van der Waals surface area contributed by atoms with Crippen LogP contribution in [-0.2, 0) is 16.8 Å². The van der Waals surface area contributed by atoms with Gasteiger partial charge < -0.3 is 9.84 Å². The van der Waals surface area contributed by atoms with E-state index < -0.39 is 15.7 Å². The van der Waals surface area contributed by atoms with Gasteiger partial charge in [-0.25, -0.2) is 0 Å². The lowest BCUT2D eigenvalue weighted by atomic mass is 10.0.